The number of methoxy groups -OCH3 is 1. The fraction of sp³-hybridized carbons (Fsp3) is 0.667. The third-order valence-electron chi connectivity index (χ3n) is 2.45. The first-order valence-electron chi connectivity index (χ1n) is 5.16. The van der Waals surface area contributed by atoms with Crippen LogP contribution in [0.4, 0.5) is 11.9 Å². The number of anilines is 2. The molecule has 1 aliphatic carbocycles. The molecule has 1 aromatic heterocycles. The summed E-state index contributed by atoms with van der Waals surface area (Å²) < 4.78 is 4.86. The Kier molecular flexibility index (Phi) is 3.04. The maximum atomic E-state index is 9.65. The molecule has 4 N–H and O–H groups in total. The van der Waals surface area contributed by atoms with E-state index in [2.05, 4.69) is 20.3 Å². The highest BCUT2D eigenvalue weighted by Gasteiger charge is 2.29. The average molecular weight is 225 g/mol. The fourth-order valence-corrected chi connectivity index (χ4v) is 1.39. The molecule has 1 heterocycles. The van der Waals surface area contributed by atoms with Crippen LogP contribution in [0.3, 0.4) is 0 Å². The lowest BCUT2D eigenvalue weighted by molar-refractivity contribution is 0.164. The van der Waals surface area contributed by atoms with E-state index in [-0.39, 0.29) is 18.1 Å². The molecule has 1 unspecified atom stereocenters. The van der Waals surface area contributed by atoms with E-state index in [1.807, 2.05) is 0 Å². The van der Waals surface area contributed by atoms with Crippen LogP contribution in [0.2, 0.25) is 0 Å². The van der Waals surface area contributed by atoms with Gasteiger partial charge in [-0.15, -0.1) is 0 Å². The van der Waals surface area contributed by atoms with Crippen molar-refractivity contribution in [2.24, 2.45) is 5.92 Å². The number of nitrogens with two attached hydrogens (primary N) is 1. The Morgan fingerprint density at radius 1 is 1.50 bits per heavy atom. The van der Waals surface area contributed by atoms with Crippen molar-refractivity contribution in [3.63, 3.8) is 0 Å². The van der Waals surface area contributed by atoms with Crippen molar-refractivity contribution in [3.8, 4) is 6.01 Å². The number of aliphatic hydroxyl groups excluding tert-OH is 1. The quantitative estimate of drug-likeness (QED) is 0.628. The summed E-state index contributed by atoms with van der Waals surface area (Å²) in [7, 11) is 1.46. The van der Waals surface area contributed by atoms with E-state index in [1.165, 1.54) is 7.11 Å². The molecule has 88 valence electrons. The second kappa shape index (κ2) is 4.48. The van der Waals surface area contributed by atoms with Crippen molar-refractivity contribution in [2.45, 2.75) is 18.9 Å². The van der Waals surface area contributed by atoms with Gasteiger partial charge in [-0.1, -0.05) is 0 Å². The van der Waals surface area contributed by atoms with Crippen LogP contribution in [0.5, 0.6) is 6.01 Å². The van der Waals surface area contributed by atoms with E-state index in [9.17, 15) is 5.11 Å². The van der Waals surface area contributed by atoms with Crippen molar-refractivity contribution in [1.29, 1.82) is 0 Å². The van der Waals surface area contributed by atoms with Crippen LogP contribution in [0.1, 0.15) is 12.8 Å². The molecule has 0 spiro atoms. The number of hydrogen-bond donors (Lipinski definition) is 3. The fourth-order valence-electron chi connectivity index (χ4n) is 1.39. The second-order valence-corrected chi connectivity index (χ2v) is 3.79. The zero-order valence-corrected chi connectivity index (χ0v) is 9.05. The number of aliphatic hydroxyl groups is 1. The van der Waals surface area contributed by atoms with Gasteiger partial charge in [-0.2, -0.15) is 15.0 Å². The Bertz CT molecular complexity index is 369. The predicted molar refractivity (Wildman–Crippen MR) is 58.0 cm³/mol. The van der Waals surface area contributed by atoms with Gasteiger partial charge in [0.25, 0.3) is 0 Å². The van der Waals surface area contributed by atoms with Crippen molar-refractivity contribution in [3.05, 3.63) is 0 Å². The van der Waals surface area contributed by atoms with E-state index < -0.39 is 0 Å². The summed E-state index contributed by atoms with van der Waals surface area (Å²) in [6, 6.07) is 0.163. The minimum absolute atomic E-state index is 0.0928. The maximum absolute atomic E-state index is 9.65. The molecule has 7 heteroatoms. The van der Waals surface area contributed by atoms with Gasteiger partial charge in [0, 0.05) is 6.54 Å². The van der Waals surface area contributed by atoms with E-state index in [0.29, 0.717) is 18.4 Å². The van der Waals surface area contributed by atoms with Gasteiger partial charge in [0.1, 0.15) is 0 Å². The van der Waals surface area contributed by atoms with Gasteiger partial charge in [0.05, 0.1) is 13.2 Å². The van der Waals surface area contributed by atoms with Crippen molar-refractivity contribution in [1.82, 2.24) is 15.0 Å². The largest absolute Gasteiger partial charge is 0.467 e. The zero-order valence-electron chi connectivity index (χ0n) is 9.05. The monoisotopic (exact) mass is 225 g/mol. The van der Waals surface area contributed by atoms with Crippen LogP contribution in [0.15, 0.2) is 0 Å². The molecule has 1 fully saturated rings. The molecule has 1 saturated carbocycles. The molecule has 0 aliphatic heterocycles. The van der Waals surface area contributed by atoms with E-state index in [4.69, 9.17) is 10.5 Å². The lowest BCUT2D eigenvalue weighted by Gasteiger charge is -2.10. The van der Waals surface area contributed by atoms with Crippen LogP contribution in [-0.4, -0.2) is 39.8 Å². The molecule has 1 aromatic rings. The molecule has 1 aliphatic rings. The molecule has 0 amide bonds. The molecule has 2 rings (SSSR count). The van der Waals surface area contributed by atoms with Gasteiger partial charge in [0.15, 0.2) is 0 Å². The molecule has 0 saturated heterocycles. The Morgan fingerprint density at radius 3 is 2.88 bits per heavy atom. The molecule has 0 bridgehead atoms. The summed E-state index contributed by atoms with van der Waals surface area (Å²) in [6.07, 6.45) is 1.82. The Hall–Kier alpha value is -1.63. The van der Waals surface area contributed by atoms with Gasteiger partial charge in [0.2, 0.25) is 11.9 Å². The number of nitrogens with zero attached hydrogens (tertiary/aromatic N) is 3. The molecule has 1 atom stereocenters. The number of ether oxygens (including phenoxy) is 1. The minimum Gasteiger partial charge on any atom is -0.467 e. The Labute approximate surface area is 93.1 Å². The normalized spacial score (nSPS) is 16.9. The molecule has 0 aromatic carbocycles. The van der Waals surface area contributed by atoms with Gasteiger partial charge < -0.3 is 20.9 Å². The summed E-state index contributed by atoms with van der Waals surface area (Å²) >= 11 is 0. The van der Waals surface area contributed by atoms with Crippen LogP contribution < -0.4 is 15.8 Å². The minimum atomic E-state index is -0.357. The number of rotatable bonds is 5. The first-order valence-corrected chi connectivity index (χ1v) is 5.16. The van der Waals surface area contributed by atoms with Crippen LogP contribution in [0.25, 0.3) is 0 Å². The molecule has 0 radical (unpaired) electrons. The lowest BCUT2D eigenvalue weighted by atomic mass is 10.2. The number of nitrogen functional groups attached to an aromatic ring is 1. The van der Waals surface area contributed by atoms with Gasteiger partial charge in [-0.05, 0) is 18.8 Å². The number of hydrogen-bond acceptors (Lipinski definition) is 7. The third kappa shape index (κ3) is 2.69. The third-order valence-corrected chi connectivity index (χ3v) is 2.45. The highest BCUT2D eigenvalue weighted by Crippen LogP contribution is 2.32. The van der Waals surface area contributed by atoms with E-state index in [1.54, 1.807) is 0 Å². The SMILES string of the molecule is COc1nc(N)nc(NCC(O)C2CC2)n1. The molecular formula is C9H15N5O2. The average Bonchev–Trinajstić information content (AvgIpc) is 3.08. The van der Waals surface area contributed by atoms with Crippen LogP contribution >= 0.6 is 0 Å². The first kappa shape index (κ1) is 10.9. The van der Waals surface area contributed by atoms with Gasteiger partial charge in [-0.25, -0.2) is 0 Å². The smallest absolute Gasteiger partial charge is 0.322 e. The maximum Gasteiger partial charge on any atom is 0.322 e. The summed E-state index contributed by atoms with van der Waals surface area (Å²) in [5.74, 6) is 0.827. The summed E-state index contributed by atoms with van der Waals surface area (Å²) in [6.45, 7) is 0.414. The highest BCUT2D eigenvalue weighted by molar-refractivity contribution is 5.32. The summed E-state index contributed by atoms with van der Waals surface area (Å²) in [5, 5.41) is 12.6. The predicted octanol–water partition coefficient (Wildman–Crippen LogP) is -0.355. The molecule has 16 heavy (non-hydrogen) atoms. The Balaban J connectivity index is 1.94. The van der Waals surface area contributed by atoms with Crippen molar-refractivity contribution < 1.29 is 9.84 Å². The number of nitrogens with one attached hydrogen (secondary N) is 1. The zero-order chi connectivity index (χ0) is 11.5. The highest BCUT2D eigenvalue weighted by atomic mass is 16.5. The van der Waals surface area contributed by atoms with Crippen molar-refractivity contribution in [2.75, 3.05) is 24.7 Å². The number of aromatic nitrogens is 3. The lowest BCUT2D eigenvalue weighted by Crippen LogP contribution is -2.22. The second-order valence-electron chi connectivity index (χ2n) is 3.79. The van der Waals surface area contributed by atoms with Crippen LogP contribution in [0, 0.1) is 5.92 Å². The summed E-state index contributed by atoms with van der Waals surface area (Å²) in [5.41, 5.74) is 5.47. The van der Waals surface area contributed by atoms with Crippen molar-refractivity contribution >= 4 is 11.9 Å². The van der Waals surface area contributed by atoms with E-state index in [0.717, 1.165) is 12.8 Å². The first-order chi connectivity index (χ1) is 7.69. The van der Waals surface area contributed by atoms with Gasteiger partial charge in [-0.3, -0.25) is 0 Å². The van der Waals surface area contributed by atoms with E-state index >= 15 is 0 Å². The standard InChI is InChI=1S/C9H15N5O2/c1-16-9-13-7(10)12-8(14-9)11-4-6(15)5-2-3-5/h5-6,15H,2-4H2,1H3,(H3,10,11,12,13,14). The molecular weight excluding hydrogens is 210 g/mol. The summed E-state index contributed by atoms with van der Waals surface area (Å²) in [4.78, 5) is 11.6. The molecule has 7 nitrogen and oxygen atoms in total. The Morgan fingerprint density at radius 2 is 2.25 bits per heavy atom. The van der Waals surface area contributed by atoms with Gasteiger partial charge >= 0.3 is 6.01 Å². The topological polar surface area (TPSA) is 106 Å². The van der Waals surface area contributed by atoms with Crippen LogP contribution in [-0.2, 0) is 0 Å².